The van der Waals surface area contributed by atoms with Crippen LogP contribution in [0.3, 0.4) is 0 Å². The molecule has 0 aliphatic carbocycles. The summed E-state index contributed by atoms with van der Waals surface area (Å²) in [4.78, 5) is 12.7. The Morgan fingerprint density at radius 2 is 1.63 bits per heavy atom. The minimum absolute atomic E-state index is 0.335. The van der Waals surface area contributed by atoms with Crippen molar-refractivity contribution in [3.05, 3.63) is 47.5 Å². The third-order valence-electron chi connectivity index (χ3n) is 4.64. The SMILES string of the molecule is COc1cc(C(C)NC(=O)CN(c2ccccc2C)S(C)(=O)=O)cc(OC)c1OC. The van der Waals surface area contributed by atoms with Crippen molar-refractivity contribution in [2.24, 2.45) is 0 Å². The Hall–Kier alpha value is -2.94. The molecule has 30 heavy (non-hydrogen) atoms. The summed E-state index contributed by atoms with van der Waals surface area (Å²) in [5, 5.41) is 2.83. The van der Waals surface area contributed by atoms with Crippen molar-refractivity contribution in [2.75, 3.05) is 38.4 Å². The van der Waals surface area contributed by atoms with Crippen molar-refractivity contribution in [3.63, 3.8) is 0 Å². The van der Waals surface area contributed by atoms with Crippen molar-refractivity contribution in [2.45, 2.75) is 19.9 Å². The van der Waals surface area contributed by atoms with E-state index in [1.54, 1.807) is 44.2 Å². The molecule has 0 saturated carbocycles. The molecule has 1 unspecified atom stereocenters. The number of para-hydroxylation sites is 1. The van der Waals surface area contributed by atoms with Gasteiger partial charge < -0.3 is 19.5 Å². The average Bonchev–Trinajstić information content (AvgIpc) is 2.70. The zero-order valence-corrected chi connectivity index (χ0v) is 18.9. The van der Waals surface area contributed by atoms with Gasteiger partial charge in [-0.05, 0) is 43.2 Å². The number of nitrogens with one attached hydrogen (secondary N) is 1. The number of carbonyl (C=O) groups is 1. The maximum Gasteiger partial charge on any atom is 0.241 e. The number of hydrogen-bond donors (Lipinski definition) is 1. The summed E-state index contributed by atoms with van der Waals surface area (Å²) < 4.78 is 41.7. The van der Waals surface area contributed by atoms with E-state index in [0.717, 1.165) is 21.7 Å². The van der Waals surface area contributed by atoms with E-state index >= 15 is 0 Å². The number of rotatable bonds is 9. The lowest BCUT2D eigenvalue weighted by Gasteiger charge is -2.25. The lowest BCUT2D eigenvalue weighted by atomic mass is 10.1. The molecule has 0 aromatic heterocycles. The van der Waals surface area contributed by atoms with Gasteiger partial charge in [-0.2, -0.15) is 0 Å². The number of methoxy groups -OCH3 is 3. The van der Waals surface area contributed by atoms with Gasteiger partial charge in [0, 0.05) is 0 Å². The molecule has 1 amide bonds. The Bertz CT molecular complexity index is 981. The molecule has 0 bridgehead atoms. The van der Waals surface area contributed by atoms with Gasteiger partial charge in [-0.1, -0.05) is 18.2 Å². The molecular weight excluding hydrogens is 408 g/mol. The zero-order chi connectivity index (χ0) is 22.5. The maximum atomic E-state index is 12.7. The fraction of sp³-hybridized carbons (Fsp3) is 0.381. The van der Waals surface area contributed by atoms with E-state index in [-0.39, 0.29) is 6.54 Å². The standard InChI is InChI=1S/C21H28N2O6S/c1-14-9-7-8-10-17(14)23(30(6,25)26)13-20(24)22-15(2)16-11-18(27-3)21(29-5)19(12-16)28-4/h7-12,15H,13H2,1-6H3,(H,22,24). The quantitative estimate of drug-likeness (QED) is 0.650. The van der Waals surface area contributed by atoms with Gasteiger partial charge in [-0.15, -0.1) is 0 Å². The van der Waals surface area contributed by atoms with Crippen LogP contribution in [0.4, 0.5) is 5.69 Å². The van der Waals surface area contributed by atoms with E-state index in [0.29, 0.717) is 22.9 Å². The Morgan fingerprint density at radius 3 is 2.10 bits per heavy atom. The number of benzene rings is 2. The number of carbonyl (C=O) groups excluding carboxylic acids is 1. The van der Waals surface area contributed by atoms with Crippen LogP contribution in [0.25, 0.3) is 0 Å². The molecule has 1 N–H and O–H groups in total. The highest BCUT2D eigenvalue weighted by atomic mass is 32.2. The number of sulfonamides is 1. The molecule has 1 atom stereocenters. The van der Waals surface area contributed by atoms with Crippen LogP contribution in [0, 0.1) is 6.92 Å². The molecule has 0 heterocycles. The predicted molar refractivity (Wildman–Crippen MR) is 116 cm³/mol. The lowest BCUT2D eigenvalue weighted by molar-refractivity contribution is -0.120. The molecule has 0 spiro atoms. The van der Waals surface area contributed by atoms with Crippen molar-refractivity contribution in [3.8, 4) is 17.2 Å². The molecule has 0 aliphatic rings. The minimum atomic E-state index is -3.65. The molecule has 164 valence electrons. The highest BCUT2D eigenvalue weighted by molar-refractivity contribution is 7.92. The predicted octanol–water partition coefficient (Wildman–Crippen LogP) is 2.66. The van der Waals surface area contributed by atoms with E-state index in [9.17, 15) is 13.2 Å². The van der Waals surface area contributed by atoms with E-state index in [2.05, 4.69) is 5.32 Å². The number of nitrogens with zero attached hydrogens (tertiary/aromatic N) is 1. The van der Waals surface area contributed by atoms with Crippen molar-refractivity contribution < 1.29 is 27.4 Å². The van der Waals surface area contributed by atoms with Gasteiger partial charge in [-0.3, -0.25) is 9.10 Å². The second-order valence-corrected chi connectivity index (χ2v) is 8.71. The third kappa shape index (κ3) is 5.35. The third-order valence-corrected chi connectivity index (χ3v) is 5.76. The summed E-state index contributed by atoms with van der Waals surface area (Å²) in [6.07, 6.45) is 1.08. The van der Waals surface area contributed by atoms with Gasteiger partial charge in [0.15, 0.2) is 11.5 Å². The van der Waals surface area contributed by atoms with Crippen LogP contribution in [0.5, 0.6) is 17.2 Å². The summed E-state index contributed by atoms with van der Waals surface area (Å²) >= 11 is 0. The van der Waals surface area contributed by atoms with E-state index in [1.807, 2.05) is 6.07 Å². The maximum absolute atomic E-state index is 12.7. The molecule has 0 fully saturated rings. The molecule has 8 nitrogen and oxygen atoms in total. The Labute approximate surface area is 177 Å². The average molecular weight is 437 g/mol. The van der Waals surface area contributed by atoms with E-state index in [1.165, 1.54) is 21.3 Å². The summed E-state index contributed by atoms with van der Waals surface area (Å²) in [6, 6.07) is 10.1. The first-order valence-electron chi connectivity index (χ1n) is 9.25. The van der Waals surface area contributed by atoms with Crippen LogP contribution in [0.2, 0.25) is 0 Å². The van der Waals surface area contributed by atoms with Gasteiger partial charge in [-0.25, -0.2) is 8.42 Å². The molecule has 0 saturated heterocycles. The monoisotopic (exact) mass is 436 g/mol. The van der Waals surface area contributed by atoms with Crippen LogP contribution < -0.4 is 23.8 Å². The smallest absolute Gasteiger partial charge is 0.241 e. The first-order chi connectivity index (χ1) is 14.1. The van der Waals surface area contributed by atoms with Crippen LogP contribution >= 0.6 is 0 Å². The summed E-state index contributed by atoms with van der Waals surface area (Å²) in [5.74, 6) is 0.936. The minimum Gasteiger partial charge on any atom is -0.493 e. The molecular formula is C21H28N2O6S. The van der Waals surface area contributed by atoms with Crippen LogP contribution in [-0.2, 0) is 14.8 Å². The number of amides is 1. The van der Waals surface area contributed by atoms with Crippen LogP contribution in [-0.4, -0.2) is 48.5 Å². The summed E-state index contributed by atoms with van der Waals surface area (Å²) in [5.41, 5.74) is 1.95. The Kier molecular flexibility index (Phi) is 7.55. The van der Waals surface area contributed by atoms with Gasteiger partial charge in [0.1, 0.15) is 6.54 Å². The van der Waals surface area contributed by atoms with E-state index < -0.39 is 22.0 Å². The topological polar surface area (TPSA) is 94.2 Å². The Balaban J connectivity index is 2.25. The molecule has 2 rings (SSSR count). The lowest BCUT2D eigenvalue weighted by Crippen LogP contribution is -2.41. The molecule has 2 aromatic rings. The second-order valence-electron chi connectivity index (χ2n) is 6.80. The van der Waals surface area contributed by atoms with Gasteiger partial charge in [0.2, 0.25) is 21.7 Å². The fourth-order valence-electron chi connectivity index (χ4n) is 3.08. The van der Waals surface area contributed by atoms with Gasteiger partial charge >= 0.3 is 0 Å². The van der Waals surface area contributed by atoms with Gasteiger partial charge in [0.05, 0.1) is 39.3 Å². The van der Waals surface area contributed by atoms with Crippen LogP contribution in [0.1, 0.15) is 24.1 Å². The highest BCUT2D eigenvalue weighted by Gasteiger charge is 2.24. The number of ether oxygens (including phenoxy) is 3. The molecule has 0 aliphatic heterocycles. The molecule has 2 aromatic carbocycles. The zero-order valence-electron chi connectivity index (χ0n) is 18.1. The second kappa shape index (κ2) is 9.71. The molecule has 0 radical (unpaired) electrons. The highest BCUT2D eigenvalue weighted by Crippen LogP contribution is 2.39. The van der Waals surface area contributed by atoms with Gasteiger partial charge in [0.25, 0.3) is 0 Å². The largest absolute Gasteiger partial charge is 0.493 e. The van der Waals surface area contributed by atoms with Crippen molar-refractivity contribution in [1.82, 2.24) is 5.32 Å². The first-order valence-corrected chi connectivity index (χ1v) is 11.1. The fourth-order valence-corrected chi connectivity index (χ4v) is 3.99. The summed E-state index contributed by atoms with van der Waals surface area (Å²) in [7, 11) is 0.881. The first kappa shape index (κ1) is 23.3. The van der Waals surface area contributed by atoms with Crippen LogP contribution in [0.15, 0.2) is 36.4 Å². The number of anilines is 1. The summed E-state index contributed by atoms with van der Waals surface area (Å²) in [6.45, 7) is 3.25. The normalized spacial score (nSPS) is 12.1. The number of hydrogen-bond acceptors (Lipinski definition) is 6. The van der Waals surface area contributed by atoms with Crippen molar-refractivity contribution in [1.29, 1.82) is 0 Å². The van der Waals surface area contributed by atoms with E-state index in [4.69, 9.17) is 14.2 Å². The number of aryl methyl sites for hydroxylation is 1. The molecule has 9 heteroatoms. The van der Waals surface area contributed by atoms with Crippen molar-refractivity contribution >= 4 is 21.6 Å². The Morgan fingerprint density at radius 1 is 1.07 bits per heavy atom.